The molecule has 0 spiro atoms. The van der Waals surface area contributed by atoms with Crippen molar-refractivity contribution < 1.29 is 18.8 Å². The zero-order valence-electron chi connectivity index (χ0n) is 14.3. The topological polar surface area (TPSA) is 84.7 Å². The van der Waals surface area contributed by atoms with Crippen molar-refractivity contribution in [2.24, 2.45) is 0 Å². The van der Waals surface area contributed by atoms with Gasteiger partial charge >= 0.3 is 0 Å². The molecule has 7 heteroatoms. The lowest BCUT2D eigenvalue weighted by atomic mass is 9.87. The van der Waals surface area contributed by atoms with Crippen molar-refractivity contribution in [2.45, 2.75) is 32.1 Å². The Labute approximate surface area is 144 Å². The first-order chi connectivity index (χ1) is 11.9. The summed E-state index contributed by atoms with van der Waals surface area (Å²) in [5.41, 5.74) is 3.10. The lowest BCUT2D eigenvalue weighted by Gasteiger charge is -2.30. The van der Waals surface area contributed by atoms with Crippen molar-refractivity contribution in [3.8, 4) is 5.75 Å². The van der Waals surface area contributed by atoms with Crippen LogP contribution in [0.1, 0.15) is 49.1 Å². The van der Waals surface area contributed by atoms with E-state index in [1.807, 2.05) is 26.0 Å². The van der Waals surface area contributed by atoms with Crippen LogP contribution in [-0.2, 0) is 9.59 Å². The predicted octanol–water partition coefficient (Wildman–Crippen LogP) is 2.63. The average Bonchev–Trinajstić information content (AvgIpc) is 3.07. The fraction of sp³-hybridized carbons (Fsp3) is 0.389. The number of nitrogens with zero attached hydrogens (tertiary/aromatic N) is 2. The van der Waals surface area contributed by atoms with E-state index in [0.717, 1.165) is 11.3 Å². The van der Waals surface area contributed by atoms with Crippen molar-refractivity contribution in [2.75, 3.05) is 23.9 Å². The van der Waals surface area contributed by atoms with Gasteiger partial charge in [-0.25, -0.2) is 0 Å². The van der Waals surface area contributed by atoms with Gasteiger partial charge < -0.3 is 19.5 Å². The minimum atomic E-state index is -0.222. The molecule has 1 atom stereocenters. The monoisotopic (exact) mass is 341 g/mol. The summed E-state index contributed by atoms with van der Waals surface area (Å²) in [7, 11) is 1.70. The predicted molar refractivity (Wildman–Crippen MR) is 91.0 cm³/mol. The van der Waals surface area contributed by atoms with Gasteiger partial charge in [0.05, 0.1) is 17.3 Å². The van der Waals surface area contributed by atoms with Crippen molar-refractivity contribution >= 4 is 23.2 Å². The van der Waals surface area contributed by atoms with E-state index in [1.165, 1.54) is 0 Å². The molecule has 4 rings (SSSR count). The number of benzene rings is 1. The third-order valence-electron chi connectivity index (χ3n) is 4.74. The number of carbonyl (C=O) groups excluding carboxylic acids is 2. The average molecular weight is 341 g/mol. The number of rotatable bonds is 2. The fourth-order valence-corrected chi connectivity index (χ4v) is 3.22. The van der Waals surface area contributed by atoms with E-state index < -0.39 is 0 Å². The fourth-order valence-electron chi connectivity index (χ4n) is 3.22. The highest BCUT2D eigenvalue weighted by Gasteiger charge is 2.33. The molecule has 2 aliphatic rings. The summed E-state index contributed by atoms with van der Waals surface area (Å²) in [6.45, 7) is 4.10. The minimum Gasteiger partial charge on any atom is -0.482 e. The SMILES string of the molecule is CC(C)c1cc(C2CC(=O)Nc3cc4c(cc32)OCC(=O)N4C)on1. The van der Waals surface area contributed by atoms with Gasteiger partial charge in [-0.05, 0) is 23.6 Å². The lowest BCUT2D eigenvalue weighted by molar-refractivity contribution is -0.121. The Morgan fingerprint density at radius 2 is 2.08 bits per heavy atom. The summed E-state index contributed by atoms with van der Waals surface area (Å²) in [5.74, 6) is 1.11. The molecule has 0 aliphatic carbocycles. The van der Waals surface area contributed by atoms with Gasteiger partial charge in [0.1, 0.15) is 11.5 Å². The van der Waals surface area contributed by atoms with E-state index in [-0.39, 0.29) is 36.7 Å². The van der Waals surface area contributed by atoms with E-state index in [1.54, 1.807) is 18.0 Å². The molecule has 25 heavy (non-hydrogen) atoms. The molecule has 0 bridgehead atoms. The van der Waals surface area contributed by atoms with Gasteiger partial charge in [0.15, 0.2) is 6.61 Å². The Bertz CT molecular complexity index is 871. The molecule has 0 saturated heterocycles. The zero-order chi connectivity index (χ0) is 17.7. The number of ether oxygens (including phenoxy) is 1. The number of amides is 2. The number of carbonyl (C=O) groups is 2. The lowest BCUT2D eigenvalue weighted by Crippen LogP contribution is -2.36. The van der Waals surface area contributed by atoms with Gasteiger partial charge in [-0.3, -0.25) is 9.59 Å². The van der Waals surface area contributed by atoms with Gasteiger partial charge in [-0.2, -0.15) is 0 Å². The molecule has 0 fully saturated rings. The van der Waals surface area contributed by atoms with Gasteiger partial charge in [-0.15, -0.1) is 0 Å². The maximum absolute atomic E-state index is 12.2. The van der Waals surface area contributed by atoms with Crippen molar-refractivity contribution in [1.29, 1.82) is 0 Å². The van der Waals surface area contributed by atoms with Crippen LogP contribution in [0.3, 0.4) is 0 Å². The summed E-state index contributed by atoms with van der Waals surface area (Å²) in [5, 5.41) is 6.99. The number of likely N-dealkylation sites (N-methyl/N-ethyl adjacent to an activating group) is 1. The molecule has 130 valence electrons. The first-order valence-corrected chi connectivity index (χ1v) is 8.27. The minimum absolute atomic E-state index is 0.0130. The number of aromatic nitrogens is 1. The number of hydrogen-bond acceptors (Lipinski definition) is 5. The molecule has 1 unspecified atom stereocenters. The van der Waals surface area contributed by atoms with E-state index in [2.05, 4.69) is 10.5 Å². The smallest absolute Gasteiger partial charge is 0.264 e. The highest BCUT2D eigenvalue weighted by atomic mass is 16.5. The van der Waals surface area contributed by atoms with Crippen LogP contribution in [0.2, 0.25) is 0 Å². The molecule has 0 saturated carbocycles. The third-order valence-corrected chi connectivity index (χ3v) is 4.74. The van der Waals surface area contributed by atoms with Crippen LogP contribution in [0, 0.1) is 0 Å². The molecule has 2 aliphatic heterocycles. The van der Waals surface area contributed by atoms with Crippen molar-refractivity contribution in [3.63, 3.8) is 0 Å². The van der Waals surface area contributed by atoms with Crippen LogP contribution in [0.15, 0.2) is 22.7 Å². The van der Waals surface area contributed by atoms with Crippen LogP contribution >= 0.6 is 0 Å². The van der Waals surface area contributed by atoms with Crippen molar-refractivity contribution in [3.05, 3.63) is 35.2 Å². The first kappa shape index (κ1) is 15.7. The number of nitrogens with one attached hydrogen (secondary N) is 1. The Balaban J connectivity index is 1.80. The Morgan fingerprint density at radius 1 is 1.28 bits per heavy atom. The van der Waals surface area contributed by atoms with E-state index >= 15 is 0 Å². The van der Waals surface area contributed by atoms with Gasteiger partial charge in [0.25, 0.3) is 5.91 Å². The maximum atomic E-state index is 12.2. The molecule has 3 heterocycles. The first-order valence-electron chi connectivity index (χ1n) is 8.27. The highest BCUT2D eigenvalue weighted by Crippen LogP contribution is 2.44. The Hall–Kier alpha value is -2.83. The largest absolute Gasteiger partial charge is 0.482 e. The molecule has 7 nitrogen and oxygen atoms in total. The standard InChI is InChI=1S/C18H19N3O4/c1-9(2)12-7-15(25-20-12)11-5-17(22)19-13-6-14-16(4-10(11)13)24-8-18(23)21(14)3/h4,6-7,9,11H,5,8H2,1-3H3,(H,19,22). The zero-order valence-corrected chi connectivity index (χ0v) is 14.3. The van der Waals surface area contributed by atoms with Crippen LogP contribution in [0.25, 0.3) is 0 Å². The van der Waals surface area contributed by atoms with Gasteiger partial charge in [0, 0.05) is 25.2 Å². The summed E-state index contributed by atoms with van der Waals surface area (Å²) < 4.78 is 11.1. The molecular formula is C18H19N3O4. The molecule has 1 aromatic heterocycles. The number of hydrogen-bond donors (Lipinski definition) is 1. The van der Waals surface area contributed by atoms with Gasteiger partial charge in [0.2, 0.25) is 5.91 Å². The molecular weight excluding hydrogens is 322 g/mol. The summed E-state index contributed by atoms with van der Waals surface area (Å²) in [4.78, 5) is 25.6. The number of fused-ring (bicyclic) bond motifs is 2. The van der Waals surface area contributed by atoms with Crippen LogP contribution in [0.5, 0.6) is 5.75 Å². The van der Waals surface area contributed by atoms with Crippen molar-refractivity contribution in [1.82, 2.24) is 5.16 Å². The second-order valence-electron chi connectivity index (χ2n) is 6.76. The molecule has 1 aromatic carbocycles. The maximum Gasteiger partial charge on any atom is 0.264 e. The van der Waals surface area contributed by atoms with Crippen LogP contribution in [0.4, 0.5) is 11.4 Å². The summed E-state index contributed by atoms with van der Waals surface area (Å²) >= 11 is 0. The second-order valence-corrected chi connectivity index (χ2v) is 6.76. The number of anilines is 2. The summed E-state index contributed by atoms with van der Waals surface area (Å²) in [6, 6.07) is 5.58. The molecule has 2 aromatic rings. The Kier molecular flexibility index (Phi) is 3.52. The Morgan fingerprint density at radius 3 is 2.80 bits per heavy atom. The van der Waals surface area contributed by atoms with Crippen LogP contribution < -0.4 is 15.0 Å². The molecule has 2 amide bonds. The van der Waals surface area contributed by atoms with Crippen LogP contribution in [-0.4, -0.2) is 30.6 Å². The van der Waals surface area contributed by atoms with E-state index in [0.29, 0.717) is 22.9 Å². The molecule has 0 radical (unpaired) electrons. The quantitative estimate of drug-likeness (QED) is 0.908. The van der Waals surface area contributed by atoms with Gasteiger partial charge in [-0.1, -0.05) is 19.0 Å². The highest BCUT2D eigenvalue weighted by molar-refractivity contribution is 6.01. The molecule has 1 N–H and O–H groups in total. The second kappa shape index (κ2) is 5.61. The third kappa shape index (κ3) is 2.56. The summed E-state index contributed by atoms with van der Waals surface area (Å²) in [6.07, 6.45) is 0.285. The van der Waals surface area contributed by atoms with E-state index in [9.17, 15) is 9.59 Å². The van der Waals surface area contributed by atoms with E-state index in [4.69, 9.17) is 9.26 Å². The normalized spacial score (nSPS) is 19.4.